The zero-order chi connectivity index (χ0) is 11.4. The average molecular weight is 209 g/mol. The van der Waals surface area contributed by atoms with E-state index in [0.29, 0.717) is 12.5 Å². The van der Waals surface area contributed by atoms with Crippen molar-refractivity contribution in [1.29, 1.82) is 5.26 Å². The highest BCUT2D eigenvalue weighted by Gasteiger charge is 2.31. The van der Waals surface area contributed by atoms with Gasteiger partial charge in [-0.15, -0.1) is 0 Å². The molecule has 0 aromatic carbocycles. The van der Waals surface area contributed by atoms with Crippen LogP contribution in [0.25, 0.3) is 0 Å². The molecule has 1 amide bonds. The predicted molar refractivity (Wildman–Crippen MR) is 58.0 cm³/mol. The maximum absolute atomic E-state index is 12.0. The molecule has 0 aromatic rings. The van der Waals surface area contributed by atoms with Crippen molar-refractivity contribution in [2.75, 3.05) is 20.1 Å². The first-order chi connectivity index (χ1) is 7.06. The highest BCUT2D eigenvalue weighted by molar-refractivity contribution is 5.82. The monoisotopic (exact) mass is 209 g/mol. The van der Waals surface area contributed by atoms with Gasteiger partial charge in [0, 0.05) is 13.6 Å². The third-order valence-corrected chi connectivity index (χ3v) is 2.94. The molecule has 1 aliphatic heterocycles. The Kier molecular flexibility index (Phi) is 4.10. The highest BCUT2D eigenvalue weighted by atomic mass is 16.2. The minimum Gasteiger partial charge on any atom is -0.343 e. The molecule has 0 aliphatic carbocycles. The maximum atomic E-state index is 12.0. The van der Waals surface area contributed by atoms with Crippen molar-refractivity contribution >= 4 is 5.91 Å². The molecule has 1 rings (SSSR count). The van der Waals surface area contributed by atoms with Gasteiger partial charge in [0.1, 0.15) is 0 Å². The first-order valence-corrected chi connectivity index (χ1v) is 5.44. The fraction of sp³-hybridized carbons (Fsp3) is 0.818. The Morgan fingerprint density at radius 1 is 1.73 bits per heavy atom. The van der Waals surface area contributed by atoms with Crippen LogP contribution in [0.15, 0.2) is 0 Å². The molecule has 0 bridgehead atoms. The number of hydrogen-bond acceptors (Lipinski definition) is 3. The molecule has 84 valence electrons. The molecule has 1 aliphatic rings. The van der Waals surface area contributed by atoms with Crippen LogP contribution in [0.4, 0.5) is 0 Å². The lowest BCUT2D eigenvalue weighted by molar-refractivity contribution is -0.132. The standard InChI is InChI=1S/C11H19N3O/c1-8(6-12)7-14(3)11(15)10-9(2)4-5-13-10/h8-10,13H,4-5,7H2,1-3H3. The van der Waals surface area contributed by atoms with Gasteiger partial charge in [-0.1, -0.05) is 6.92 Å². The summed E-state index contributed by atoms with van der Waals surface area (Å²) in [6.07, 6.45) is 1.05. The molecule has 15 heavy (non-hydrogen) atoms. The molecule has 3 unspecified atom stereocenters. The third-order valence-electron chi connectivity index (χ3n) is 2.94. The van der Waals surface area contributed by atoms with E-state index in [1.54, 1.807) is 11.9 Å². The lowest BCUT2D eigenvalue weighted by Gasteiger charge is -2.24. The number of amides is 1. The van der Waals surface area contributed by atoms with Gasteiger partial charge in [0.05, 0.1) is 18.0 Å². The van der Waals surface area contributed by atoms with Crippen molar-refractivity contribution in [3.8, 4) is 6.07 Å². The van der Waals surface area contributed by atoms with Crippen molar-refractivity contribution in [1.82, 2.24) is 10.2 Å². The zero-order valence-corrected chi connectivity index (χ0v) is 9.66. The largest absolute Gasteiger partial charge is 0.343 e. The summed E-state index contributed by atoms with van der Waals surface area (Å²) in [5.74, 6) is 0.412. The van der Waals surface area contributed by atoms with Crippen molar-refractivity contribution in [2.24, 2.45) is 11.8 Å². The summed E-state index contributed by atoms with van der Waals surface area (Å²) in [5, 5.41) is 11.9. The van der Waals surface area contributed by atoms with Crippen LogP contribution in [0.2, 0.25) is 0 Å². The van der Waals surface area contributed by atoms with E-state index in [2.05, 4.69) is 18.3 Å². The quantitative estimate of drug-likeness (QED) is 0.740. The number of rotatable bonds is 3. The summed E-state index contributed by atoms with van der Waals surface area (Å²) in [6, 6.07) is 2.08. The Labute approximate surface area is 91.2 Å². The van der Waals surface area contributed by atoms with Gasteiger partial charge < -0.3 is 10.2 Å². The molecule has 0 aromatic heterocycles. The van der Waals surface area contributed by atoms with Crippen LogP contribution in [0.1, 0.15) is 20.3 Å². The second kappa shape index (κ2) is 5.13. The highest BCUT2D eigenvalue weighted by Crippen LogP contribution is 2.16. The lowest BCUT2D eigenvalue weighted by atomic mass is 10.0. The Balaban J connectivity index is 2.49. The second-order valence-electron chi connectivity index (χ2n) is 4.45. The summed E-state index contributed by atoms with van der Waals surface area (Å²) in [6.45, 7) is 5.35. The molecule has 3 atom stereocenters. The first kappa shape index (κ1) is 12.0. The molecule has 1 saturated heterocycles. The van der Waals surface area contributed by atoms with E-state index in [-0.39, 0.29) is 17.9 Å². The third kappa shape index (κ3) is 2.93. The minimum absolute atomic E-state index is 0.0547. The second-order valence-corrected chi connectivity index (χ2v) is 4.45. The molecular weight excluding hydrogens is 190 g/mol. The van der Waals surface area contributed by atoms with E-state index in [0.717, 1.165) is 13.0 Å². The summed E-state index contributed by atoms with van der Waals surface area (Å²) in [4.78, 5) is 13.6. The maximum Gasteiger partial charge on any atom is 0.239 e. The topological polar surface area (TPSA) is 56.1 Å². The Morgan fingerprint density at radius 2 is 2.40 bits per heavy atom. The van der Waals surface area contributed by atoms with Gasteiger partial charge in [-0.2, -0.15) is 5.26 Å². The van der Waals surface area contributed by atoms with E-state index in [1.807, 2.05) is 6.92 Å². The molecule has 0 radical (unpaired) electrons. The molecule has 0 saturated carbocycles. The van der Waals surface area contributed by atoms with Gasteiger partial charge in [0.15, 0.2) is 0 Å². The van der Waals surface area contributed by atoms with Crippen molar-refractivity contribution in [2.45, 2.75) is 26.3 Å². The van der Waals surface area contributed by atoms with Gasteiger partial charge >= 0.3 is 0 Å². The lowest BCUT2D eigenvalue weighted by Crippen LogP contribution is -2.45. The van der Waals surface area contributed by atoms with Crippen LogP contribution in [-0.2, 0) is 4.79 Å². The fourth-order valence-corrected chi connectivity index (χ4v) is 1.94. The van der Waals surface area contributed by atoms with Crippen LogP contribution in [0.5, 0.6) is 0 Å². The molecule has 1 fully saturated rings. The van der Waals surface area contributed by atoms with Crippen LogP contribution in [-0.4, -0.2) is 37.0 Å². The Hall–Kier alpha value is -1.08. The summed E-state index contributed by atoms with van der Waals surface area (Å²) in [5.41, 5.74) is 0. The number of carbonyl (C=O) groups excluding carboxylic acids is 1. The van der Waals surface area contributed by atoms with E-state index >= 15 is 0 Å². The van der Waals surface area contributed by atoms with Crippen LogP contribution < -0.4 is 5.32 Å². The van der Waals surface area contributed by atoms with E-state index in [1.165, 1.54) is 0 Å². The van der Waals surface area contributed by atoms with Crippen molar-refractivity contribution < 1.29 is 4.79 Å². The number of nitrogens with zero attached hydrogens (tertiary/aromatic N) is 2. The van der Waals surface area contributed by atoms with Gasteiger partial charge in [-0.05, 0) is 25.8 Å². The van der Waals surface area contributed by atoms with Crippen LogP contribution in [0, 0.1) is 23.2 Å². The number of hydrogen-bond donors (Lipinski definition) is 1. The number of likely N-dealkylation sites (N-methyl/N-ethyl adjacent to an activating group) is 1. The van der Waals surface area contributed by atoms with Gasteiger partial charge in [-0.3, -0.25) is 4.79 Å². The van der Waals surface area contributed by atoms with E-state index in [9.17, 15) is 4.79 Å². The van der Waals surface area contributed by atoms with Gasteiger partial charge in [0.2, 0.25) is 5.91 Å². The molecule has 4 nitrogen and oxygen atoms in total. The molecular formula is C11H19N3O. The molecule has 4 heteroatoms. The Bertz CT molecular complexity index is 271. The first-order valence-electron chi connectivity index (χ1n) is 5.44. The molecule has 1 N–H and O–H groups in total. The molecule has 0 spiro atoms. The van der Waals surface area contributed by atoms with Crippen LogP contribution in [0.3, 0.4) is 0 Å². The van der Waals surface area contributed by atoms with Gasteiger partial charge in [0.25, 0.3) is 0 Å². The predicted octanol–water partition coefficient (Wildman–Crippen LogP) is 0.602. The fourth-order valence-electron chi connectivity index (χ4n) is 1.94. The minimum atomic E-state index is -0.101. The zero-order valence-electron chi connectivity index (χ0n) is 9.66. The van der Waals surface area contributed by atoms with Crippen LogP contribution >= 0.6 is 0 Å². The normalized spacial score (nSPS) is 27.1. The SMILES string of the molecule is CC(C#N)CN(C)C(=O)C1NCCC1C. The number of nitrogens with one attached hydrogen (secondary N) is 1. The summed E-state index contributed by atoms with van der Waals surface area (Å²) in [7, 11) is 1.77. The van der Waals surface area contributed by atoms with E-state index < -0.39 is 0 Å². The van der Waals surface area contributed by atoms with Gasteiger partial charge in [-0.25, -0.2) is 0 Å². The van der Waals surface area contributed by atoms with Crippen molar-refractivity contribution in [3.05, 3.63) is 0 Å². The summed E-state index contributed by atoms with van der Waals surface area (Å²) < 4.78 is 0. The smallest absolute Gasteiger partial charge is 0.239 e. The number of carbonyl (C=O) groups is 1. The Morgan fingerprint density at radius 3 is 2.87 bits per heavy atom. The number of nitriles is 1. The summed E-state index contributed by atoms with van der Waals surface area (Å²) >= 11 is 0. The average Bonchev–Trinajstić information content (AvgIpc) is 2.63. The van der Waals surface area contributed by atoms with E-state index in [4.69, 9.17) is 5.26 Å². The molecule has 1 heterocycles. The van der Waals surface area contributed by atoms with Crippen molar-refractivity contribution in [3.63, 3.8) is 0 Å².